The van der Waals surface area contributed by atoms with E-state index >= 15 is 0 Å². The number of furan rings is 1. The van der Waals surface area contributed by atoms with Crippen LogP contribution < -0.4 is 10.3 Å². The van der Waals surface area contributed by atoms with Gasteiger partial charge in [0.2, 0.25) is 0 Å². The Balaban J connectivity index is 1.48. The maximum atomic E-state index is 14.0. The Kier molecular flexibility index (Phi) is 7.85. The lowest BCUT2D eigenvalue weighted by molar-refractivity contribution is -0.146. The van der Waals surface area contributed by atoms with Gasteiger partial charge in [-0.1, -0.05) is 6.07 Å². The molecule has 1 aliphatic heterocycles. The lowest BCUT2D eigenvalue weighted by Crippen LogP contribution is -2.16. The van der Waals surface area contributed by atoms with E-state index in [1.165, 1.54) is 16.7 Å². The SMILES string of the molecule is Cc1cc(F)cc(C)c1Oc1ccc(CC(=O)OC(C)C)c(-c2cn(C)c(=O)c3cc(-c4cnc(C5CCOC5)[nH]4)oc23)c1. The second-order valence-electron chi connectivity index (χ2n) is 11.6. The van der Waals surface area contributed by atoms with Gasteiger partial charge >= 0.3 is 5.97 Å². The molecule has 0 radical (unpaired) electrons. The molecule has 0 spiro atoms. The van der Waals surface area contributed by atoms with Crippen LogP contribution in [0, 0.1) is 19.7 Å². The van der Waals surface area contributed by atoms with E-state index in [-0.39, 0.29) is 35.8 Å². The van der Waals surface area contributed by atoms with Crippen LogP contribution >= 0.6 is 0 Å². The van der Waals surface area contributed by atoms with E-state index in [1.807, 2.05) is 0 Å². The molecular formula is C34H34FN3O6. The topological polar surface area (TPSA) is 109 Å². The van der Waals surface area contributed by atoms with Crippen molar-refractivity contribution in [2.75, 3.05) is 13.2 Å². The molecule has 0 bridgehead atoms. The molecule has 3 aromatic heterocycles. The van der Waals surface area contributed by atoms with Crippen molar-refractivity contribution in [3.63, 3.8) is 0 Å². The summed E-state index contributed by atoms with van der Waals surface area (Å²) in [5.41, 5.74) is 3.99. The first-order valence-corrected chi connectivity index (χ1v) is 14.6. The number of H-pyrrole nitrogens is 1. The number of halogens is 1. The molecule has 44 heavy (non-hydrogen) atoms. The fraction of sp³-hybridized carbons (Fsp3) is 0.324. The lowest BCUT2D eigenvalue weighted by Gasteiger charge is -2.16. The van der Waals surface area contributed by atoms with Gasteiger partial charge in [0.1, 0.15) is 34.4 Å². The van der Waals surface area contributed by atoms with Crippen LogP contribution in [0.4, 0.5) is 4.39 Å². The van der Waals surface area contributed by atoms with Gasteiger partial charge in [-0.15, -0.1) is 0 Å². The summed E-state index contributed by atoms with van der Waals surface area (Å²) in [4.78, 5) is 34.0. The molecule has 1 N–H and O–H groups in total. The highest BCUT2D eigenvalue weighted by Gasteiger charge is 2.24. The summed E-state index contributed by atoms with van der Waals surface area (Å²) in [6.45, 7) is 8.46. The van der Waals surface area contributed by atoms with Crippen molar-refractivity contribution in [2.24, 2.45) is 7.05 Å². The maximum absolute atomic E-state index is 14.0. The second kappa shape index (κ2) is 11.8. The fourth-order valence-corrected chi connectivity index (χ4v) is 5.66. The summed E-state index contributed by atoms with van der Waals surface area (Å²) in [7, 11) is 1.67. The van der Waals surface area contributed by atoms with Crippen LogP contribution in [0.1, 0.15) is 48.7 Å². The molecule has 2 aromatic carbocycles. The average Bonchev–Trinajstić information content (AvgIpc) is 3.73. The zero-order chi connectivity index (χ0) is 31.1. The molecule has 1 fully saturated rings. The minimum Gasteiger partial charge on any atom is -0.463 e. The minimum absolute atomic E-state index is 0.00629. The Morgan fingerprint density at radius 2 is 1.93 bits per heavy atom. The van der Waals surface area contributed by atoms with Gasteiger partial charge in [0.25, 0.3) is 5.56 Å². The second-order valence-corrected chi connectivity index (χ2v) is 11.6. The Bertz CT molecular complexity index is 1910. The third-order valence-corrected chi connectivity index (χ3v) is 7.75. The molecule has 6 rings (SSSR count). The summed E-state index contributed by atoms with van der Waals surface area (Å²) in [6.07, 6.45) is 4.00. The molecule has 1 aliphatic rings. The van der Waals surface area contributed by atoms with Crippen molar-refractivity contribution >= 4 is 16.9 Å². The quantitative estimate of drug-likeness (QED) is 0.197. The van der Waals surface area contributed by atoms with E-state index in [4.69, 9.17) is 18.6 Å². The zero-order valence-electron chi connectivity index (χ0n) is 25.3. The van der Waals surface area contributed by atoms with E-state index in [0.29, 0.717) is 75.0 Å². The number of fused-ring (bicyclic) bond motifs is 1. The van der Waals surface area contributed by atoms with Gasteiger partial charge < -0.3 is 28.2 Å². The van der Waals surface area contributed by atoms with Gasteiger partial charge in [0.15, 0.2) is 5.76 Å². The zero-order valence-corrected chi connectivity index (χ0v) is 25.3. The van der Waals surface area contributed by atoms with E-state index in [2.05, 4.69) is 9.97 Å². The fourth-order valence-electron chi connectivity index (χ4n) is 5.66. The number of aryl methyl sites for hydroxylation is 3. The number of carbonyl (C=O) groups excluding carboxylic acids is 1. The predicted octanol–water partition coefficient (Wildman–Crippen LogP) is 6.73. The standard InChI is InChI=1S/C34H34FN3O6/c1-18(2)42-30(39)12-21-6-7-24(43-31-19(3)10-23(35)11-20(31)4)13-25(21)27-16-38(5)34(40)26-14-29(44-32(26)27)28-15-36-33(37-28)22-8-9-41-17-22/h6-7,10-11,13-16,18,22H,8-9,12,17H2,1-5H3,(H,36,37). The van der Waals surface area contributed by atoms with Gasteiger partial charge in [-0.05, 0) is 86.7 Å². The largest absolute Gasteiger partial charge is 0.463 e. The molecule has 0 saturated carbocycles. The summed E-state index contributed by atoms with van der Waals surface area (Å²) >= 11 is 0. The van der Waals surface area contributed by atoms with Crippen molar-refractivity contribution in [3.8, 4) is 34.1 Å². The first kappa shape index (κ1) is 29.4. The predicted molar refractivity (Wildman–Crippen MR) is 164 cm³/mol. The van der Waals surface area contributed by atoms with Crippen LogP contribution in [0.2, 0.25) is 0 Å². The molecule has 0 amide bonds. The van der Waals surface area contributed by atoms with Crippen molar-refractivity contribution in [1.82, 2.24) is 14.5 Å². The Labute approximate surface area is 253 Å². The molecule has 9 nitrogen and oxygen atoms in total. The maximum Gasteiger partial charge on any atom is 0.310 e. The number of rotatable bonds is 8. The number of esters is 1. The molecule has 228 valence electrons. The first-order valence-electron chi connectivity index (χ1n) is 14.6. The number of imidazole rings is 1. The summed E-state index contributed by atoms with van der Waals surface area (Å²) < 4.78 is 39.1. The number of benzene rings is 2. The van der Waals surface area contributed by atoms with Crippen molar-refractivity contribution in [1.29, 1.82) is 0 Å². The van der Waals surface area contributed by atoms with E-state index in [0.717, 1.165) is 12.2 Å². The molecule has 10 heteroatoms. The number of hydrogen-bond acceptors (Lipinski definition) is 7. The highest BCUT2D eigenvalue weighted by molar-refractivity contribution is 5.95. The summed E-state index contributed by atoms with van der Waals surface area (Å²) in [5, 5.41) is 0.382. The molecular weight excluding hydrogens is 565 g/mol. The summed E-state index contributed by atoms with van der Waals surface area (Å²) in [6, 6.07) is 9.90. The van der Waals surface area contributed by atoms with E-state index in [9.17, 15) is 14.0 Å². The number of aromatic amines is 1. The Hall–Kier alpha value is -4.70. The number of nitrogens with one attached hydrogen (secondary N) is 1. The number of ether oxygens (including phenoxy) is 3. The Morgan fingerprint density at radius 1 is 1.16 bits per heavy atom. The van der Waals surface area contributed by atoms with Crippen molar-refractivity contribution in [2.45, 2.75) is 52.6 Å². The normalized spacial score (nSPS) is 14.9. The van der Waals surface area contributed by atoms with Crippen molar-refractivity contribution in [3.05, 3.63) is 87.5 Å². The summed E-state index contributed by atoms with van der Waals surface area (Å²) in [5.74, 6) is 1.75. The number of carbonyl (C=O) groups is 1. The molecule has 1 atom stereocenters. The minimum atomic E-state index is -0.387. The number of hydrogen-bond donors (Lipinski definition) is 1. The van der Waals surface area contributed by atoms with Crippen LogP contribution in [0.5, 0.6) is 11.5 Å². The van der Waals surface area contributed by atoms with Gasteiger partial charge in [-0.3, -0.25) is 9.59 Å². The number of nitrogens with zero attached hydrogens (tertiary/aromatic N) is 2. The van der Waals surface area contributed by atoms with Crippen molar-refractivity contribution < 1.29 is 27.8 Å². The highest BCUT2D eigenvalue weighted by atomic mass is 19.1. The van der Waals surface area contributed by atoms with E-state index < -0.39 is 0 Å². The average molecular weight is 600 g/mol. The third kappa shape index (κ3) is 5.77. The highest BCUT2D eigenvalue weighted by Crippen LogP contribution is 2.38. The molecule has 1 unspecified atom stereocenters. The smallest absolute Gasteiger partial charge is 0.310 e. The van der Waals surface area contributed by atoms with Gasteiger partial charge in [-0.2, -0.15) is 0 Å². The molecule has 4 heterocycles. The lowest BCUT2D eigenvalue weighted by atomic mass is 9.97. The van der Waals surface area contributed by atoms with Gasteiger partial charge in [0.05, 0.1) is 30.7 Å². The third-order valence-electron chi connectivity index (χ3n) is 7.75. The van der Waals surface area contributed by atoms with Crippen LogP contribution in [-0.4, -0.2) is 39.8 Å². The van der Waals surface area contributed by atoms with Crippen LogP contribution in [0.3, 0.4) is 0 Å². The molecule has 1 saturated heterocycles. The molecule has 5 aromatic rings. The number of pyridine rings is 1. The van der Waals surface area contributed by atoms with E-state index in [1.54, 1.807) is 71.4 Å². The van der Waals surface area contributed by atoms with Crippen LogP contribution in [-0.2, 0) is 27.7 Å². The Morgan fingerprint density at radius 3 is 2.64 bits per heavy atom. The molecule has 0 aliphatic carbocycles. The first-order chi connectivity index (χ1) is 21.1. The van der Waals surface area contributed by atoms with Gasteiger partial charge in [0, 0.05) is 31.3 Å². The monoisotopic (exact) mass is 599 g/mol. The van der Waals surface area contributed by atoms with Crippen LogP contribution in [0.15, 0.2) is 58.0 Å². The number of aromatic nitrogens is 3. The van der Waals surface area contributed by atoms with Gasteiger partial charge in [-0.25, -0.2) is 9.37 Å². The van der Waals surface area contributed by atoms with Crippen LogP contribution in [0.25, 0.3) is 33.6 Å².